The zero-order valence-corrected chi connectivity index (χ0v) is 16.3. The number of rotatable bonds is 3. The summed E-state index contributed by atoms with van der Waals surface area (Å²) in [6.45, 7) is 4.99. The molecule has 1 atom stereocenters. The highest BCUT2D eigenvalue weighted by Gasteiger charge is 2.32. The lowest BCUT2D eigenvalue weighted by Gasteiger charge is -2.31. The molecular formula is C23H23NO5. The van der Waals surface area contributed by atoms with E-state index >= 15 is 0 Å². The largest absolute Gasteiger partial charge is 0.507 e. The highest BCUT2D eigenvalue weighted by Crippen LogP contribution is 2.41. The van der Waals surface area contributed by atoms with E-state index in [-0.39, 0.29) is 24.1 Å². The fourth-order valence-corrected chi connectivity index (χ4v) is 4.26. The average Bonchev–Trinajstić information content (AvgIpc) is 3.29. The number of likely N-dealkylation sites (tertiary alicyclic amines) is 1. The first kappa shape index (κ1) is 18.1. The van der Waals surface area contributed by atoms with E-state index in [9.17, 15) is 9.90 Å². The summed E-state index contributed by atoms with van der Waals surface area (Å²) in [6, 6.07) is 8.72. The number of Topliss-reactive ketones (excluding diaryl/α,β-unsaturated/α-hetero) is 1. The maximum absolute atomic E-state index is 12.9. The number of nitrogens with zero attached hydrogens (tertiary/aromatic N) is 1. The molecule has 1 N–H and O–H groups in total. The van der Waals surface area contributed by atoms with Gasteiger partial charge in [0.05, 0.1) is 11.1 Å². The van der Waals surface area contributed by atoms with Crippen LogP contribution in [0.25, 0.3) is 6.08 Å². The Hall–Kier alpha value is -2.99. The van der Waals surface area contributed by atoms with Crippen LogP contribution in [0.3, 0.4) is 0 Å². The van der Waals surface area contributed by atoms with Gasteiger partial charge in [-0.25, -0.2) is 0 Å². The molecule has 0 aromatic heterocycles. The first-order chi connectivity index (χ1) is 14.1. The summed E-state index contributed by atoms with van der Waals surface area (Å²) in [7, 11) is 0. The van der Waals surface area contributed by atoms with Gasteiger partial charge < -0.3 is 19.3 Å². The smallest absolute Gasteiger partial charge is 0.231 e. The maximum Gasteiger partial charge on any atom is 0.231 e. The number of hydrogen-bond donors (Lipinski definition) is 1. The number of carbonyl (C=O) groups excluding carboxylic acids is 1. The summed E-state index contributed by atoms with van der Waals surface area (Å²) in [5.74, 6) is 2.69. The van der Waals surface area contributed by atoms with Crippen molar-refractivity contribution in [3.63, 3.8) is 0 Å². The normalized spacial score (nSPS) is 22.0. The standard InChI is InChI=1S/C23H23NO5/c1-14-3-2-8-24(11-14)12-17-18(25)6-5-16-22(26)21(29-23(16)17)10-15-4-7-19-20(9-15)28-13-27-19/h4-7,9-10,14,25H,2-3,8,11-13H2,1H3. The van der Waals surface area contributed by atoms with Crippen LogP contribution in [0.5, 0.6) is 23.0 Å². The minimum Gasteiger partial charge on any atom is -0.507 e. The molecule has 0 spiro atoms. The molecule has 0 radical (unpaired) electrons. The Morgan fingerprint density at radius 1 is 1.21 bits per heavy atom. The van der Waals surface area contributed by atoms with Crippen LogP contribution in [0.15, 0.2) is 36.1 Å². The van der Waals surface area contributed by atoms with E-state index in [1.54, 1.807) is 18.2 Å². The molecule has 1 unspecified atom stereocenters. The zero-order valence-electron chi connectivity index (χ0n) is 16.3. The van der Waals surface area contributed by atoms with Crippen molar-refractivity contribution in [3.8, 4) is 23.0 Å². The molecule has 29 heavy (non-hydrogen) atoms. The lowest BCUT2D eigenvalue weighted by Crippen LogP contribution is -2.33. The number of carbonyl (C=O) groups is 1. The van der Waals surface area contributed by atoms with Gasteiger partial charge in [0, 0.05) is 13.1 Å². The van der Waals surface area contributed by atoms with Gasteiger partial charge in [0.25, 0.3) is 0 Å². The van der Waals surface area contributed by atoms with Crippen LogP contribution >= 0.6 is 0 Å². The van der Waals surface area contributed by atoms with Crippen molar-refractivity contribution in [1.82, 2.24) is 4.90 Å². The number of ether oxygens (including phenoxy) is 3. The third-order valence-electron chi connectivity index (χ3n) is 5.73. The summed E-state index contributed by atoms with van der Waals surface area (Å²) < 4.78 is 16.7. The van der Waals surface area contributed by atoms with Crippen molar-refractivity contribution in [2.24, 2.45) is 5.92 Å². The van der Waals surface area contributed by atoms with Crippen LogP contribution in [-0.4, -0.2) is 35.7 Å². The lowest BCUT2D eigenvalue weighted by atomic mass is 9.99. The van der Waals surface area contributed by atoms with Crippen molar-refractivity contribution in [1.29, 1.82) is 0 Å². The molecule has 150 valence electrons. The van der Waals surface area contributed by atoms with E-state index in [0.717, 1.165) is 25.1 Å². The molecular weight excluding hydrogens is 370 g/mol. The maximum atomic E-state index is 12.9. The number of hydrogen-bond acceptors (Lipinski definition) is 6. The van der Waals surface area contributed by atoms with Crippen molar-refractivity contribution in [3.05, 3.63) is 52.8 Å². The number of phenols is 1. The number of phenolic OH excluding ortho intramolecular Hbond substituents is 1. The summed E-state index contributed by atoms with van der Waals surface area (Å²) in [5, 5.41) is 10.5. The van der Waals surface area contributed by atoms with Crippen LogP contribution < -0.4 is 14.2 Å². The first-order valence-corrected chi connectivity index (χ1v) is 9.99. The highest BCUT2D eigenvalue weighted by molar-refractivity contribution is 6.15. The quantitative estimate of drug-likeness (QED) is 0.796. The van der Waals surface area contributed by atoms with Crippen LogP contribution in [0.1, 0.15) is 41.3 Å². The molecule has 2 aromatic rings. The van der Waals surface area contributed by atoms with E-state index in [2.05, 4.69) is 11.8 Å². The second-order valence-electron chi connectivity index (χ2n) is 7.97. The van der Waals surface area contributed by atoms with Crippen LogP contribution in [-0.2, 0) is 6.54 Å². The van der Waals surface area contributed by atoms with E-state index in [1.165, 1.54) is 6.42 Å². The predicted molar refractivity (Wildman–Crippen MR) is 107 cm³/mol. The van der Waals surface area contributed by atoms with E-state index < -0.39 is 0 Å². The molecule has 0 aliphatic carbocycles. The Labute approximate surface area is 169 Å². The summed E-state index contributed by atoms with van der Waals surface area (Å²) >= 11 is 0. The molecule has 2 aromatic carbocycles. The second kappa shape index (κ2) is 7.12. The molecule has 3 aliphatic heterocycles. The average molecular weight is 393 g/mol. The number of benzene rings is 2. The monoisotopic (exact) mass is 393 g/mol. The summed E-state index contributed by atoms with van der Waals surface area (Å²) in [4.78, 5) is 15.2. The SMILES string of the molecule is CC1CCCN(Cc2c(O)ccc3c2OC(=Cc2ccc4c(c2)OCO4)C3=O)C1. The number of aromatic hydroxyl groups is 1. The molecule has 6 heteroatoms. The molecule has 6 nitrogen and oxygen atoms in total. The van der Waals surface area contributed by atoms with Gasteiger partial charge in [0.15, 0.2) is 17.3 Å². The van der Waals surface area contributed by atoms with Gasteiger partial charge in [-0.2, -0.15) is 0 Å². The van der Waals surface area contributed by atoms with Gasteiger partial charge in [-0.05, 0) is 61.2 Å². The van der Waals surface area contributed by atoms with Gasteiger partial charge in [-0.1, -0.05) is 13.0 Å². The van der Waals surface area contributed by atoms with Gasteiger partial charge in [-0.3, -0.25) is 9.69 Å². The third-order valence-corrected chi connectivity index (χ3v) is 5.73. The van der Waals surface area contributed by atoms with E-state index in [4.69, 9.17) is 14.2 Å². The fourth-order valence-electron chi connectivity index (χ4n) is 4.26. The van der Waals surface area contributed by atoms with Crippen LogP contribution in [0.4, 0.5) is 0 Å². The minimum absolute atomic E-state index is 0.166. The van der Waals surface area contributed by atoms with Gasteiger partial charge in [0.1, 0.15) is 11.5 Å². The molecule has 5 rings (SSSR count). The minimum atomic E-state index is -0.175. The zero-order chi connectivity index (χ0) is 20.0. The van der Waals surface area contributed by atoms with Crippen molar-refractivity contribution >= 4 is 11.9 Å². The van der Waals surface area contributed by atoms with Crippen molar-refractivity contribution in [2.45, 2.75) is 26.3 Å². The van der Waals surface area contributed by atoms with Gasteiger partial charge in [0.2, 0.25) is 12.6 Å². The Balaban J connectivity index is 1.44. The molecule has 0 amide bonds. The topological polar surface area (TPSA) is 68.2 Å². The van der Waals surface area contributed by atoms with Gasteiger partial charge in [-0.15, -0.1) is 0 Å². The second-order valence-corrected chi connectivity index (χ2v) is 7.97. The van der Waals surface area contributed by atoms with E-state index in [0.29, 0.717) is 40.8 Å². The molecule has 3 aliphatic rings. The van der Waals surface area contributed by atoms with Crippen molar-refractivity contribution in [2.75, 3.05) is 19.9 Å². The summed E-state index contributed by atoms with van der Waals surface area (Å²) in [6.07, 6.45) is 4.08. The Bertz CT molecular complexity index is 1010. The molecule has 1 fully saturated rings. The molecule has 1 saturated heterocycles. The number of ketones is 1. The van der Waals surface area contributed by atoms with E-state index in [1.807, 2.05) is 18.2 Å². The van der Waals surface area contributed by atoms with Crippen LogP contribution in [0, 0.1) is 5.92 Å². The number of allylic oxidation sites excluding steroid dienone is 1. The highest BCUT2D eigenvalue weighted by atomic mass is 16.7. The number of piperidine rings is 1. The predicted octanol–water partition coefficient (Wildman–Crippen LogP) is 3.97. The molecule has 3 heterocycles. The summed E-state index contributed by atoms with van der Waals surface area (Å²) in [5.41, 5.74) is 1.97. The first-order valence-electron chi connectivity index (χ1n) is 9.99. The van der Waals surface area contributed by atoms with Crippen molar-refractivity contribution < 1.29 is 24.1 Å². The Morgan fingerprint density at radius 3 is 2.93 bits per heavy atom. The number of fused-ring (bicyclic) bond motifs is 2. The lowest BCUT2D eigenvalue weighted by molar-refractivity contribution is 0.101. The Kier molecular flexibility index (Phi) is 4.43. The fraction of sp³-hybridized carbons (Fsp3) is 0.348. The Morgan fingerprint density at radius 2 is 2.07 bits per heavy atom. The van der Waals surface area contributed by atoms with Gasteiger partial charge >= 0.3 is 0 Å². The molecule has 0 bridgehead atoms. The van der Waals surface area contributed by atoms with Crippen LogP contribution in [0.2, 0.25) is 0 Å². The third kappa shape index (κ3) is 3.34. The molecule has 0 saturated carbocycles.